The lowest BCUT2D eigenvalue weighted by Gasteiger charge is -2.38. The molecule has 21 heavy (non-hydrogen) atoms. The third-order valence-electron chi connectivity index (χ3n) is 4.10. The molecule has 0 radical (unpaired) electrons. The van der Waals surface area contributed by atoms with E-state index in [1.54, 1.807) is 12.1 Å². The molecular weight excluding hydrogens is 284 g/mol. The third kappa shape index (κ3) is 3.22. The predicted molar refractivity (Wildman–Crippen MR) is 84.8 cm³/mol. The molecule has 0 amide bonds. The Labute approximate surface area is 130 Å². The molecule has 1 aliphatic rings. The molecule has 1 aliphatic heterocycles. The maximum absolute atomic E-state index is 10.4. The number of ether oxygens (including phenoxy) is 1. The van der Waals surface area contributed by atoms with Crippen LogP contribution >= 0.6 is 11.6 Å². The summed E-state index contributed by atoms with van der Waals surface area (Å²) in [6.07, 6.45) is 1.88. The minimum atomic E-state index is -0.520. The number of aryl methyl sites for hydroxylation is 1. The van der Waals surface area contributed by atoms with Crippen molar-refractivity contribution in [2.24, 2.45) is 0 Å². The van der Waals surface area contributed by atoms with Gasteiger partial charge in [0.2, 0.25) is 0 Å². The number of aliphatic hydroxyl groups excluding tert-OH is 1. The van der Waals surface area contributed by atoms with Crippen LogP contribution in [0.5, 0.6) is 5.75 Å². The lowest BCUT2D eigenvalue weighted by Crippen LogP contribution is -2.38. The van der Waals surface area contributed by atoms with Crippen LogP contribution < -0.4 is 4.74 Å². The number of rotatable bonds is 3. The highest BCUT2D eigenvalue weighted by Gasteiger charge is 2.36. The van der Waals surface area contributed by atoms with Gasteiger partial charge in [0.25, 0.3) is 0 Å². The minimum absolute atomic E-state index is 0.351. The predicted octanol–water partition coefficient (Wildman–Crippen LogP) is 4.55. The van der Waals surface area contributed by atoms with E-state index in [9.17, 15) is 5.11 Å². The Morgan fingerprint density at radius 1 is 1.24 bits per heavy atom. The van der Waals surface area contributed by atoms with Gasteiger partial charge < -0.3 is 9.84 Å². The second-order valence-corrected chi connectivity index (χ2v) is 6.38. The van der Waals surface area contributed by atoms with Crippen molar-refractivity contribution in [3.8, 4) is 5.75 Å². The Morgan fingerprint density at radius 3 is 2.76 bits per heavy atom. The van der Waals surface area contributed by atoms with E-state index < -0.39 is 6.10 Å². The Kier molecular flexibility index (Phi) is 3.92. The lowest BCUT2D eigenvalue weighted by atomic mass is 9.86. The first-order valence-corrected chi connectivity index (χ1v) is 7.64. The zero-order valence-electron chi connectivity index (χ0n) is 12.1. The molecule has 0 bridgehead atoms. The van der Waals surface area contributed by atoms with E-state index in [0.717, 1.165) is 24.2 Å². The summed E-state index contributed by atoms with van der Waals surface area (Å²) in [5.41, 5.74) is 1.73. The second kappa shape index (κ2) is 5.70. The largest absolute Gasteiger partial charge is 0.487 e. The zero-order chi connectivity index (χ0) is 14.9. The van der Waals surface area contributed by atoms with Gasteiger partial charge in [-0.3, -0.25) is 0 Å². The number of hydrogen-bond donors (Lipinski definition) is 1. The Balaban J connectivity index is 1.76. The quantitative estimate of drug-likeness (QED) is 0.901. The van der Waals surface area contributed by atoms with E-state index in [-0.39, 0.29) is 5.60 Å². The summed E-state index contributed by atoms with van der Waals surface area (Å²) in [6, 6.07) is 15.8. The summed E-state index contributed by atoms with van der Waals surface area (Å²) in [4.78, 5) is 0. The van der Waals surface area contributed by atoms with Gasteiger partial charge in [0.1, 0.15) is 11.4 Å². The average molecular weight is 303 g/mol. The van der Waals surface area contributed by atoms with Crippen LogP contribution in [0.4, 0.5) is 0 Å². The minimum Gasteiger partial charge on any atom is -0.487 e. The Hall–Kier alpha value is -1.51. The lowest BCUT2D eigenvalue weighted by molar-refractivity contribution is -0.00670. The van der Waals surface area contributed by atoms with Crippen molar-refractivity contribution in [2.75, 3.05) is 0 Å². The van der Waals surface area contributed by atoms with Gasteiger partial charge >= 0.3 is 0 Å². The smallest absolute Gasteiger partial charge is 0.126 e. The first-order chi connectivity index (χ1) is 10.1. The molecule has 1 heterocycles. The molecule has 0 aromatic heterocycles. The molecule has 1 N–H and O–H groups in total. The standard InChI is InChI=1S/C18H19ClO2/c1-18(10-9-13-5-3-2-4-6-13)12-16(20)15-11-14(19)7-8-17(15)21-18/h2-8,11,16,20H,9-10,12H2,1H3/t16-,18?/m1/s1. The van der Waals surface area contributed by atoms with E-state index >= 15 is 0 Å². The summed E-state index contributed by atoms with van der Waals surface area (Å²) in [7, 11) is 0. The molecule has 2 atom stereocenters. The summed E-state index contributed by atoms with van der Waals surface area (Å²) < 4.78 is 6.15. The topological polar surface area (TPSA) is 29.5 Å². The summed E-state index contributed by atoms with van der Waals surface area (Å²) in [5.74, 6) is 0.744. The normalized spacial score (nSPS) is 24.2. The molecule has 2 nitrogen and oxygen atoms in total. The van der Waals surface area contributed by atoms with Crippen LogP contribution in [0.1, 0.15) is 37.0 Å². The van der Waals surface area contributed by atoms with Crippen LogP contribution in [0.2, 0.25) is 5.02 Å². The number of aliphatic hydroxyl groups is 1. The molecule has 0 spiro atoms. The molecule has 0 aliphatic carbocycles. The highest BCUT2D eigenvalue weighted by atomic mass is 35.5. The summed E-state index contributed by atoms with van der Waals surface area (Å²) >= 11 is 5.99. The fourth-order valence-electron chi connectivity index (χ4n) is 2.91. The van der Waals surface area contributed by atoms with Gasteiger partial charge in [-0.15, -0.1) is 0 Å². The maximum atomic E-state index is 10.4. The number of fused-ring (bicyclic) bond motifs is 1. The van der Waals surface area contributed by atoms with Crippen LogP contribution in [0.25, 0.3) is 0 Å². The van der Waals surface area contributed by atoms with Gasteiger partial charge in [-0.1, -0.05) is 41.9 Å². The molecule has 2 aromatic carbocycles. The number of hydrogen-bond acceptors (Lipinski definition) is 2. The first kappa shape index (κ1) is 14.4. The van der Waals surface area contributed by atoms with Crippen molar-refractivity contribution in [3.63, 3.8) is 0 Å². The molecule has 3 heteroatoms. The second-order valence-electron chi connectivity index (χ2n) is 5.94. The molecule has 0 fully saturated rings. The molecular formula is C18H19ClO2. The van der Waals surface area contributed by atoms with E-state index in [1.165, 1.54) is 5.56 Å². The SMILES string of the molecule is CC1(CCc2ccccc2)C[C@@H](O)c2cc(Cl)ccc2O1. The third-order valence-corrected chi connectivity index (χ3v) is 4.33. The number of benzene rings is 2. The van der Waals surface area contributed by atoms with Crippen molar-refractivity contribution in [1.82, 2.24) is 0 Å². The molecule has 0 saturated carbocycles. The fourth-order valence-corrected chi connectivity index (χ4v) is 3.09. The summed E-state index contributed by atoms with van der Waals surface area (Å²) in [6.45, 7) is 2.07. The maximum Gasteiger partial charge on any atom is 0.126 e. The van der Waals surface area contributed by atoms with E-state index in [4.69, 9.17) is 16.3 Å². The van der Waals surface area contributed by atoms with Crippen molar-refractivity contribution >= 4 is 11.6 Å². The highest BCUT2D eigenvalue weighted by molar-refractivity contribution is 6.30. The van der Waals surface area contributed by atoms with Crippen molar-refractivity contribution < 1.29 is 9.84 Å². The van der Waals surface area contributed by atoms with E-state index in [0.29, 0.717) is 11.4 Å². The summed E-state index contributed by atoms with van der Waals surface area (Å²) in [5, 5.41) is 11.0. The monoisotopic (exact) mass is 302 g/mol. The van der Waals surface area contributed by atoms with Gasteiger partial charge in [0.05, 0.1) is 6.10 Å². The van der Waals surface area contributed by atoms with Crippen molar-refractivity contribution in [3.05, 3.63) is 64.7 Å². The van der Waals surface area contributed by atoms with E-state index in [1.807, 2.05) is 24.3 Å². The van der Waals surface area contributed by atoms with Crippen LogP contribution in [0.3, 0.4) is 0 Å². The fraction of sp³-hybridized carbons (Fsp3) is 0.333. The van der Waals surface area contributed by atoms with Gasteiger partial charge in [0.15, 0.2) is 0 Å². The first-order valence-electron chi connectivity index (χ1n) is 7.26. The van der Waals surface area contributed by atoms with Crippen LogP contribution in [0, 0.1) is 0 Å². The van der Waals surface area contributed by atoms with Gasteiger partial charge in [-0.05, 0) is 43.5 Å². The molecule has 3 rings (SSSR count). The van der Waals surface area contributed by atoms with Crippen LogP contribution in [-0.2, 0) is 6.42 Å². The average Bonchev–Trinajstić information content (AvgIpc) is 2.47. The number of halogens is 1. The Morgan fingerprint density at radius 2 is 2.00 bits per heavy atom. The zero-order valence-corrected chi connectivity index (χ0v) is 12.8. The highest BCUT2D eigenvalue weighted by Crippen LogP contribution is 2.42. The van der Waals surface area contributed by atoms with Crippen LogP contribution in [-0.4, -0.2) is 10.7 Å². The van der Waals surface area contributed by atoms with Gasteiger partial charge in [-0.25, -0.2) is 0 Å². The van der Waals surface area contributed by atoms with Gasteiger partial charge in [-0.2, -0.15) is 0 Å². The van der Waals surface area contributed by atoms with Crippen LogP contribution in [0.15, 0.2) is 48.5 Å². The molecule has 110 valence electrons. The van der Waals surface area contributed by atoms with Crippen molar-refractivity contribution in [1.29, 1.82) is 0 Å². The van der Waals surface area contributed by atoms with E-state index in [2.05, 4.69) is 19.1 Å². The Bertz CT molecular complexity index is 626. The molecule has 1 unspecified atom stereocenters. The molecule has 2 aromatic rings. The van der Waals surface area contributed by atoms with Gasteiger partial charge in [0, 0.05) is 17.0 Å². The van der Waals surface area contributed by atoms with Crippen molar-refractivity contribution in [2.45, 2.75) is 37.9 Å². The molecule has 0 saturated heterocycles.